The minimum Gasteiger partial charge on any atom is -0.321 e. The molecule has 0 saturated heterocycles. The predicted molar refractivity (Wildman–Crippen MR) is 34.2 cm³/mol. The first-order valence-electron chi connectivity index (χ1n) is 2.32. The molecule has 0 aliphatic heterocycles. The molecule has 0 aliphatic rings. The second kappa shape index (κ2) is 2.62. The first-order chi connectivity index (χ1) is 3.50. The molecule has 0 fully saturated rings. The molecule has 0 aromatic carbocycles. The van der Waals surface area contributed by atoms with Gasteiger partial charge in [-0.15, -0.1) is 0 Å². The molecule has 50 valence electrons. The van der Waals surface area contributed by atoms with E-state index in [1.54, 1.807) is 25.4 Å². The van der Waals surface area contributed by atoms with Crippen molar-refractivity contribution >= 4 is 7.52 Å². The SMILES string of the molecule is COP(C)(=O)N(C)C. The van der Waals surface area contributed by atoms with E-state index in [9.17, 15) is 4.57 Å². The average Bonchev–Trinajstić information content (AvgIpc) is 1.67. The van der Waals surface area contributed by atoms with Crippen LogP contribution in [0.25, 0.3) is 0 Å². The quantitative estimate of drug-likeness (QED) is 0.532. The summed E-state index contributed by atoms with van der Waals surface area (Å²) >= 11 is 0. The van der Waals surface area contributed by atoms with Crippen molar-refractivity contribution in [2.75, 3.05) is 27.9 Å². The Labute approximate surface area is 50.1 Å². The van der Waals surface area contributed by atoms with E-state index < -0.39 is 7.52 Å². The highest BCUT2D eigenvalue weighted by Crippen LogP contribution is 2.42. The van der Waals surface area contributed by atoms with Crippen LogP contribution in [0.15, 0.2) is 0 Å². The van der Waals surface area contributed by atoms with Crippen molar-refractivity contribution in [3.05, 3.63) is 0 Å². The van der Waals surface area contributed by atoms with Crippen molar-refractivity contribution < 1.29 is 9.09 Å². The minimum atomic E-state index is -2.41. The highest BCUT2D eigenvalue weighted by Gasteiger charge is 2.15. The number of rotatable bonds is 2. The molecule has 0 N–H and O–H groups in total. The Bertz CT molecular complexity index is 113. The van der Waals surface area contributed by atoms with Crippen LogP contribution in [0.1, 0.15) is 0 Å². The van der Waals surface area contributed by atoms with Crippen LogP contribution in [0.2, 0.25) is 0 Å². The Morgan fingerprint density at radius 2 is 1.88 bits per heavy atom. The minimum absolute atomic E-state index is 1.45. The van der Waals surface area contributed by atoms with Crippen LogP contribution in [0.4, 0.5) is 0 Å². The van der Waals surface area contributed by atoms with Crippen LogP contribution in [0.3, 0.4) is 0 Å². The van der Waals surface area contributed by atoms with Gasteiger partial charge in [0.25, 0.3) is 7.52 Å². The van der Waals surface area contributed by atoms with E-state index in [2.05, 4.69) is 4.52 Å². The van der Waals surface area contributed by atoms with E-state index in [-0.39, 0.29) is 0 Å². The van der Waals surface area contributed by atoms with Gasteiger partial charge in [-0.25, -0.2) is 4.67 Å². The molecule has 0 aromatic rings. The molecule has 4 heteroatoms. The summed E-state index contributed by atoms with van der Waals surface area (Å²) in [7, 11) is 2.49. The second-order valence-corrected chi connectivity index (χ2v) is 4.60. The van der Waals surface area contributed by atoms with Crippen LogP contribution in [-0.2, 0) is 9.09 Å². The normalized spacial score (nSPS) is 18.6. The molecule has 0 amide bonds. The van der Waals surface area contributed by atoms with Crippen molar-refractivity contribution in [3.63, 3.8) is 0 Å². The molecule has 0 bridgehead atoms. The summed E-state index contributed by atoms with van der Waals surface area (Å²) in [5.41, 5.74) is 0. The first kappa shape index (κ1) is 8.15. The Morgan fingerprint density at radius 1 is 1.50 bits per heavy atom. The summed E-state index contributed by atoms with van der Waals surface area (Å²) < 4.78 is 17.2. The van der Waals surface area contributed by atoms with Crippen LogP contribution < -0.4 is 0 Å². The molecule has 0 aliphatic carbocycles. The van der Waals surface area contributed by atoms with E-state index in [1.807, 2.05) is 0 Å². The van der Waals surface area contributed by atoms with E-state index in [0.717, 1.165) is 0 Å². The molecule has 0 rings (SSSR count). The molecule has 0 radical (unpaired) electrons. The lowest BCUT2D eigenvalue weighted by Gasteiger charge is -2.17. The highest BCUT2D eigenvalue weighted by atomic mass is 31.2. The fourth-order valence-corrected chi connectivity index (χ4v) is 0.490. The van der Waals surface area contributed by atoms with Crippen molar-refractivity contribution in [1.29, 1.82) is 0 Å². The van der Waals surface area contributed by atoms with E-state index >= 15 is 0 Å². The molecule has 3 nitrogen and oxygen atoms in total. The van der Waals surface area contributed by atoms with E-state index in [4.69, 9.17) is 0 Å². The maximum absolute atomic E-state index is 11.0. The molecule has 8 heavy (non-hydrogen) atoms. The highest BCUT2D eigenvalue weighted by molar-refractivity contribution is 7.55. The van der Waals surface area contributed by atoms with Gasteiger partial charge in [0, 0.05) is 13.8 Å². The predicted octanol–water partition coefficient (Wildman–Crippen LogP) is 1.02. The molecule has 0 saturated carbocycles. The van der Waals surface area contributed by atoms with Gasteiger partial charge in [0.15, 0.2) is 0 Å². The summed E-state index contributed by atoms with van der Waals surface area (Å²) in [6.07, 6.45) is 0. The molecule has 0 spiro atoms. The third-order valence-corrected chi connectivity index (χ3v) is 3.20. The van der Waals surface area contributed by atoms with Crippen LogP contribution in [0, 0.1) is 0 Å². The maximum atomic E-state index is 11.0. The van der Waals surface area contributed by atoms with Gasteiger partial charge in [0.2, 0.25) is 0 Å². The van der Waals surface area contributed by atoms with Gasteiger partial charge in [0.05, 0.1) is 0 Å². The third-order valence-electron chi connectivity index (χ3n) is 1.07. The molecular formula is C4H12NO2P. The Hall–Kier alpha value is 0.150. The van der Waals surface area contributed by atoms with Crippen LogP contribution in [-0.4, -0.2) is 32.5 Å². The second-order valence-electron chi connectivity index (χ2n) is 1.83. The fourth-order valence-electron chi connectivity index (χ4n) is 0.163. The summed E-state index contributed by atoms with van der Waals surface area (Å²) in [6.45, 7) is 1.58. The van der Waals surface area contributed by atoms with E-state index in [0.29, 0.717) is 0 Å². The van der Waals surface area contributed by atoms with Crippen LogP contribution >= 0.6 is 7.52 Å². The van der Waals surface area contributed by atoms with Crippen molar-refractivity contribution in [2.24, 2.45) is 0 Å². The van der Waals surface area contributed by atoms with Crippen molar-refractivity contribution in [2.45, 2.75) is 0 Å². The average molecular weight is 137 g/mol. The lowest BCUT2D eigenvalue weighted by atomic mass is 11.3. The molecule has 0 heterocycles. The molecular weight excluding hydrogens is 125 g/mol. The van der Waals surface area contributed by atoms with Gasteiger partial charge in [-0.05, 0) is 14.1 Å². The molecule has 0 aromatic heterocycles. The van der Waals surface area contributed by atoms with Gasteiger partial charge in [-0.1, -0.05) is 0 Å². The van der Waals surface area contributed by atoms with Gasteiger partial charge >= 0.3 is 0 Å². The van der Waals surface area contributed by atoms with Crippen LogP contribution in [0.5, 0.6) is 0 Å². The summed E-state index contributed by atoms with van der Waals surface area (Å²) in [5.74, 6) is 0. The number of hydrogen-bond donors (Lipinski definition) is 0. The standard InChI is InChI=1S/C4H12NO2P/c1-5(2)8(4,6)7-3/h1-4H3. The van der Waals surface area contributed by atoms with Gasteiger partial charge in [-0.3, -0.25) is 4.57 Å². The smallest absolute Gasteiger partial charge is 0.268 e. The zero-order valence-corrected chi connectivity index (χ0v) is 6.61. The maximum Gasteiger partial charge on any atom is 0.268 e. The summed E-state index contributed by atoms with van der Waals surface area (Å²) in [5, 5.41) is 0. The number of hydrogen-bond acceptors (Lipinski definition) is 2. The van der Waals surface area contributed by atoms with E-state index in [1.165, 1.54) is 7.11 Å². The van der Waals surface area contributed by atoms with Crippen molar-refractivity contribution in [3.8, 4) is 0 Å². The zero-order chi connectivity index (χ0) is 6.78. The van der Waals surface area contributed by atoms with Gasteiger partial charge in [0.1, 0.15) is 0 Å². The van der Waals surface area contributed by atoms with Gasteiger partial charge in [-0.2, -0.15) is 0 Å². The Morgan fingerprint density at radius 3 is 1.88 bits per heavy atom. The topological polar surface area (TPSA) is 29.5 Å². The Kier molecular flexibility index (Phi) is 2.67. The fraction of sp³-hybridized carbons (Fsp3) is 1.00. The Balaban J connectivity index is 3.93. The summed E-state index contributed by atoms with van der Waals surface area (Å²) in [6, 6.07) is 0. The number of nitrogens with zero attached hydrogens (tertiary/aromatic N) is 1. The molecule has 1 atom stereocenters. The lowest BCUT2D eigenvalue weighted by Crippen LogP contribution is -2.07. The van der Waals surface area contributed by atoms with Gasteiger partial charge < -0.3 is 4.52 Å². The van der Waals surface area contributed by atoms with Crippen molar-refractivity contribution in [1.82, 2.24) is 4.67 Å². The molecule has 1 unspecified atom stereocenters. The first-order valence-corrected chi connectivity index (χ1v) is 4.34. The lowest BCUT2D eigenvalue weighted by molar-refractivity contribution is 0.351. The largest absolute Gasteiger partial charge is 0.321 e. The monoisotopic (exact) mass is 137 g/mol. The zero-order valence-electron chi connectivity index (χ0n) is 5.71. The summed E-state index contributed by atoms with van der Waals surface area (Å²) in [4.78, 5) is 0. The third kappa shape index (κ3) is 1.95.